The highest BCUT2D eigenvalue weighted by Crippen LogP contribution is 2.14. The molecule has 0 saturated carbocycles. The van der Waals surface area contributed by atoms with Crippen LogP contribution in [0, 0.1) is 0 Å². The molecule has 34 heavy (non-hydrogen) atoms. The van der Waals surface area contributed by atoms with Crippen LogP contribution in [0.2, 0.25) is 0 Å². The molecule has 0 atom stereocenters. The highest BCUT2D eigenvalue weighted by Gasteiger charge is 2.13. The third kappa shape index (κ3) is 6.93. The molecule has 0 aliphatic carbocycles. The van der Waals surface area contributed by atoms with Crippen LogP contribution < -0.4 is 16.0 Å². The Hall–Kier alpha value is -4.13. The van der Waals surface area contributed by atoms with Crippen molar-refractivity contribution in [1.82, 2.24) is 10.2 Å². The number of nitrogens with zero attached hydrogens (tertiary/aromatic N) is 1. The minimum absolute atomic E-state index is 0.0494. The molecule has 7 nitrogen and oxygen atoms in total. The van der Waals surface area contributed by atoms with Crippen LogP contribution in [0.4, 0.5) is 11.4 Å². The van der Waals surface area contributed by atoms with Crippen LogP contribution >= 0.6 is 0 Å². The highest BCUT2D eigenvalue weighted by molar-refractivity contribution is 5.98. The lowest BCUT2D eigenvalue weighted by Gasteiger charge is -2.19. The second-order valence-electron chi connectivity index (χ2n) is 7.71. The van der Waals surface area contributed by atoms with Gasteiger partial charge in [0.15, 0.2) is 0 Å². The summed E-state index contributed by atoms with van der Waals surface area (Å²) in [5.41, 5.74) is 3.40. The summed E-state index contributed by atoms with van der Waals surface area (Å²) >= 11 is 0. The zero-order chi connectivity index (χ0) is 24.3. The molecule has 3 rings (SSSR count). The first-order valence-corrected chi connectivity index (χ1v) is 11.4. The minimum atomic E-state index is -0.239. The van der Waals surface area contributed by atoms with Gasteiger partial charge in [-0.3, -0.25) is 14.4 Å². The van der Waals surface area contributed by atoms with Crippen LogP contribution in [0.25, 0.3) is 0 Å². The third-order valence-corrected chi connectivity index (χ3v) is 5.34. The molecule has 0 aliphatic heterocycles. The molecular formula is C27H30N4O3. The summed E-state index contributed by atoms with van der Waals surface area (Å²) in [5.74, 6) is -0.462. The maximum atomic E-state index is 12.5. The number of amides is 3. The Morgan fingerprint density at radius 3 is 2.15 bits per heavy atom. The topological polar surface area (TPSA) is 90.5 Å². The van der Waals surface area contributed by atoms with Crippen molar-refractivity contribution in [2.45, 2.75) is 20.4 Å². The summed E-state index contributed by atoms with van der Waals surface area (Å²) in [6.45, 7) is 5.63. The maximum absolute atomic E-state index is 12.5. The number of hydrogen-bond acceptors (Lipinski definition) is 4. The fraction of sp³-hybridized carbons (Fsp3) is 0.222. The number of hydrogen-bond donors (Lipinski definition) is 3. The standard InChI is InChI=1S/C27H30N4O3/c1-3-31(4-2)27(34)22-11-8-12-24(17-22)30-25(32)19-28-23-15-13-21(14-16-23)26(33)29-18-20-9-6-5-7-10-20/h5-17,28H,3-4,18-19H2,1-2H3,(H,29,33)(H,30,32). The van der Waals surface area contributed by atoms with Crippen molar-refractivity contribution in [3.8, 4) is 0 Å². The van der Waals surface area contributed by atoms with Gasteiger partial charge in [0.05, 0.1) is 6.54 Å². The largest absolute Gasteiger partial charge is 0.376 e. The Morgan fingerprint density at radius 2 is 1.47 bits per heavy atom. The molecule has 0 aromatic heterocycles. The molecule has 0 unspecified atom stereocenters. The van der Waals surface area contributed by atoms with Crippen LogP contribution in [-0.2, 0) is 11.3 Å². The van der Waals surface area contributed by atoms with Crippen molar-refractivity contribution in [3.05, 3.63) is 95.6 Å². The fourth-order valence-corrected chi connectivity index (χ4v) is 3.43. The monoisotopic (exact) mass is 458 g/mol. The van der Waals surface area contributed by atoms with Gasteiger partial charge < -0.3 is 20.9 Å². The first-order chi connectivity index (χ1) is 16.5. The van der Waals surface area contributed by atoms with E-state index < -0.39 is 0 Å². The van der Waals surface area contributed by atoms with E-state index in [-0.39, 0.29) is 24.3 Å². The molecule has 3 aromatic rings. The summed E-state index contributed by atoms with van der Waals surface area (Å²) in [4.78, 5) is 39.0. The zero-order valence-electron chi connectivity index (χ0n) is 19.5. The average Bonchev–Trinajstić information content (AvgIpc) is 2.88. The first kappa shape index (κ1) is 24.5. The quantitative estimate of drug-likeness (QED) is 0.426. The molecule has 0 spiro atoms. The van der Waals surface area contributed by atoms with E-state index in [1.807, 2.05) is 44.2 Å². The summed E-state index contributed by atoms with van der Waals surface area (Å²) in [5, 5.41) is 8.74. The van der Waals surface area contributed by atoms with Gasteiger partial charge in [-0.25, -0.2) is 0 Å². The molecule has 0 saturated heterocycles. The number of anilines is 2. The average molecular weight is 459 g/mol. The van der Waals surface area contributed by atoms with E-state index in [2.05, 4.69) is 16.0 Å². The Bertz CT molecular complexity index is 1110. The Morgan fingerprint density at radius 1 is 0.765 bits per heavy atom. The predicted octanol–water partition coefficient (Wildman–Crippen LogP) is 4.15. The van der Waals surface area contributed by atoms with E-state index in [1.54, 1.807) is 53.4 Å². The second kappa shape index (κ2) is 12.2. The molecule has 3 aromatic carbocycles. The van der Waals surface area contributed by atoms with E-state index in [9.17, 15) is 14.4 Å². The van der Waals surface area contributed by atoms with E-state index in [4.69, 9.17) is 0 Å². The van der Waals surface area contributed by atoms with Gasteiger partial charge in [-0.05, 0) is 61.9 Å². The number of rotatable bonds is 10. The van der Waals surface area contributed by atoms with E-state index in [1.165, 1.54) is 0 Å². The highest BCUT2D eigenvalue weighted by atomic mass is 16.2. The molecule has 3 N–H and O–H groups in total. The Balaban J connectivity index is 1.49. The van der Waals surface area contributed by atoms with E-state index in [0.717, 1.165) is 11.3 Å². The molecule has 3 amide bonds. The van der Waals surface area contributed by atoms with Crippen LogP contribution in [0.15, 0.2) is 78.9 Å². The van der Waals surface area contributed by atoms with E-state index >= 15 is 0 Å². The lowest BCUT2D eigenvalue weighted by Crippen LogP contribution is -2.30. The fourth-order valence-electron chi connectivity index (χ4n) is 3.43. The van der Waals surface area contributed by atoms with Gasteiger partial charge in [0.1, 0.15) is 0 Å². The molecule has 176 valence electrons. The molecule has 0 fully saturated rings. The molecule has 0 heterocycles. The van der Waals surface area contributed by atoms with Crippen molar-refractivity contribution in [3.63, 3.8) is 0 Å². The summed E-state index contributed by atoms with van der Waals surface area (Å²) in [6.07, 6.45) is 0. The summed E-state index contributed by atoms with van der Waals surface area (Å²) in [7, 11) is 0. The number of carbonyl (C=O) groups excluding carboxylic acids is 3. The first-order valence-electron chi connectivity index (χ1n) is 11.4. The lowest BCUT2D eigenvalue weighted by atomic mass is 10.1. The van der Waals surface area contributed by atoms with Gasteiger partial charge in [-0.2, -0.15) is 0 Å². The van der Waals surface area contributed by atoms with Crippen molar-refractivity contribution < 1.29 is 14.4 Å². The van der Waals surface area contributed by atoms with Crippen LogP contribution in [-0.4, -0.2) is 42.3 Å². The normalized spacial score (nSPS) is 10.3. The molecule has 0 bridgehead atoms. The second-order valence-corrected chi connectivity index (χ2v) is 7.71. The molecule has 0 aliphatic rings. The summed E-state index contributed by atoms with van der Waals surface area (Å²) in [6, 6.07) is 23.6. The van der Waals surface area contributed by atoms with E-state index in [0.29, 0.717) is 36.4 Å². The van der Waals surface area contributed by atoms with Gasteiger partial charge in [-0.15, -0.1) is 0 Å². The Labute approximate surface area is 200 Å². The van der Waals surface area contributed by atoms with Crippen LogP contribution in [0.5, 0.6) is 0 Å². The van der Waals surface area contributed by atoms with Gasteiger partial charge in [0.2, 0.25) is 5.91 Å². The Kier molecular flexibility index (Phi) is 8.80. The van der Waals surface area contributed by atoms with Crippen molar-refractivity contribution in [2.75, 3.05) is 30.3 Å². The lowest BCUT2D eigenvalue weighted by molar-refractivity contribution is -0.114. The molecule has 0 radical (unpaired) electrons. The van der Waals surface area contributed by atoms with Gasteiger partial charge in [0.25, 0.3) is 11.8 Å². The van der Waals surface area contributed by atoms with Crippen LogP contribution in [0.3, 0.4) is 0 Å². The van der Waals surface area contributed by atoms with Gasteiger partial charge >= 0.3 is 0 Å². The van der Waals surface area contributed by atoms with Crippen molar-refractivity contribution in [2.24, 2.45) is 0 Å². The molecular weight excluding hydrogens is 428 g/mol. The third-order valence-electron chi connectivity index (χ3n) is 5.34. The van der Waals surface area contributed by atoms with Crippen molar-refractivity contribution in [1.29, 1.82) is 0 Å². The smallest absolute Gasteiger partial charge is 0.253 e. The number of benzene rings is 3. The number of nitrogens with one attached hydrogen (secondary N) is 3. The molecule has 7 heteroatoms. The summed E-state index contributed by atoms with van der Waals surface area (Å²) < 4.78 is 0. The van der Waals surface area contributed by atoms with Gasteiger partial charge in [-0.1, -0.05) is 36.4 Å². The SMILES string of the molecule is CCN(CC)C(=O)c1cccc(NC(=O)CNc2ccc(C(=O)NCc3ccccc3)cc2)c1. The number of carbonyl (C=O) groups is 3. The van der Waals surface area contributed by atoms with Gasteiger partial charge in [0, 0.05) is 42.1 Å². The van der Waals surface area contributed by atoms with Crippen molar-refractivity contribution >= 4 is 29.1 Å². The maximum Gasteiger partial charge on any atom is 0.253 e. The minimum Gasteiger partial charge on any atom is -0.376 e. The van der Waals surface area contributed by atoms with Crippen LogP contribution in [0.1, 0.15) is 40.1 Å². The predicted molar refractivity (Wildman–Crippen MR) is 135 cm³/mol. The zero-order valence-corrected chi connectivity index (χ0v) is 19.5.